The number of carbonyl (C=O) groups is 4. The fraction of sp³-hybridized carbons (Fsp3) is 0.294. The van der Waals surface area contributed by atoms with E-state index >= 15 is 0 Å². The van der Waals surface area contributed by atoms with E-state index in [2.05, 4.69) is 20.4 Å². The van der Waals surface area contributed by atoms with Crippen LogP contribution >= 0.6 is 0 Å². The van der Waals surface area contributed by atoms with Gasteiger partial charge in [-0.2, -0.15) is 0 Å². The number of esters is 4. The molecule has 3 rings (SSSR count). The van der Waals surface area contributed by atoms with Gasteiger partial charge in [-0.3, -0.25) is 0 Å². The number of unbranched alkanes of at least 4 members (excludes halogenated alkanes) is 2. The Morgan fingerprint density at radius 2 is 1.14 bits per heavy atom. The lowest BCUT2D eigenvalue weighted by molar-refractivity contribution is -0.147. The van der Waals surface area contributed by atoms with Crippen LogP contribution in [0.25, 0.3) is 0 Å². The van der Waals surface area contributed by atoms with E-state index in [4.69, 9.17) is 28.4 Å². The maximum Gasteiger partial charge on any atom is 0.344 e. The molecule has 0 saturated heterocycles. The summed E-state index contributed by atoms with van der Waals surface area (Å²) in [7, 11) is 0. The summed E-state index contributed by atoms with van der Waals surface area (Å²) in [5, 5.41) is 0. The van der Waals surface area contributed by atoms with Crippen LogP contribution in [0.1, 0.15) is 77.5 Å². The van der Waals surface area contributed by atoms with Crippen LogP contribution in [-0.4, -0.2) is 43.9 Å². The Labute approximate surface area is 256 Å². The van der Waals surface area contributed by atoms with Gasteiger partial charge in [-0.1, -0.05) is 33.3 Å². The molecule has 0 radical (unpaired) electrons. The Hall–Kier alpha value is -5.12. The molecular weight excluding hydrogens is 568 g/mol. The first kappa shape index (κ1) is 33.4. The third kappa shape index (κ3) is 10.3. The van der Waals surface area contributed by atoms with Gasteiger partial charge in [0.2, 0.25) is 6.79 Å². The van der Waals surface area contributed by atoms with Gasteiger partial charge in [0.05, 0.1) is 24.3 Å². The number of rotatable bonds is 16. The molecule has 0 bridgehead atoms. The van der Waals surface area contributed by atoms with Gasteiger partial charge in [0.1, 0.15) is 28.6 Å². The summed E-state index contributed by atoms with van der Waals surface area (Å²) in [6, 6.07) is 16.7. The summed E-state index contributed by atoms with van der Waals surface area (Å²) in [5.74, 6) is -2.14. The Morgan fingerprint density at radius 3 is 1.64 bits per heavy atom. The van der Waals surface area contributed by atoms with Crippen LogP contribution in [0.15, 0.2) is 78.9 Å². The van der Waals surface area contributed by atoms with Crippen molar-refractivity contribution in [3.63, 3.8) is 0 Å². The second kappa shape index (κ2) is 17.1. The van der Waals surface area contributed by atoms with Crippen molar-refractivity contribution < 1.29 is 47.6 Å². The van der Waals surface area contributed by atoms with Gasteiger partial charge in [0.25, 0.3) is 0 Å². The Morgan fingerprint density at radius 1 is 0.636 bits per heavy atom. The van der Waals surface area contributed by atoms with Crippen LogP contribution in [0.3, 0.4) is 0 Å². The molecule has 0 unspecified atom stereocenters. The molecule has 3 aromatic carbocycles. The van der Waals surface area contributed by atoms with Gasteiger partial charge in [0.15, 0.2) is 0 Å². The van der Waals surface area contributed by atoms with Crippen molar-refractivity contribution in [3.05, 3.63) is 95.6 Å². The van der Waals surface area contributed by atoms with Gasteiger partial charge in [-0.15, -0.1) is 0 Å². The molecule has 0 aliphatic heterocycles. The molecule has 0 aromatic heterocycles. The molecule has 0 heterocycles. The van der Waals surface area contributed by atoms with Gasteiger partial charge in [-0.05, 0) is 86.5 Å². The molecule has 0 fully saturated rings. The molecule has 0 amide bonds. The molecular formula is C34H36O10. The summed E-state index contributed by atoms with van der Waals surface area (Å²) in [4.78, 5) is 50.3. The van der Waals surface area contributed by atoms with Gasteiger partial charge < -0.3 is 28.4 Å². The first-order valence-electron chi connectivity index (χ1n) is 14.3. The minimum Gasteiger partial charge on any atom is -0.494 e. The molecule has 3 aromatic rings. The maximum atomic E-state index is 13.0. The van der Waals surface area contributed by atoms with Crippen molar-refractivity contribution in [2.75, 3.05) is 20.0 Å². The molecule has 44 heavy (non-hydrogen) atoms. The molecule has 10 nitrogen and oxygen atoms in total. The second-order valence-corrected chi connectivity index (χ2v) is 9.65. The Bertz CT molecular complexity index is 1440. The van der Waals surface area contributed by atoms with Crippen molar-refractivity contribution in [1.82, 2.24) is 0 Å². The lowest BCUT2D eigenvalue weighted by Crippen LogP contribution is -2.16. The van der Waals surface area contributed by atoms with Crippen molar-refractivity contribution in [2.24, 2.45) is 0 Å². The average molecular weight is 605 g/mol. The largest absolute Gasteiger partial charge is 0.494 e. The number of carbonyl (C=O) groups excluding carboxylic acids is 4. The topological polar surface area (TPSA) is 124 Å². The van der Waals surface area contributed by atoms with E-state index < -0.39 is 30.7 Å². The zero-order chi connectivity index (χ0) is 31.9. The van der Waals surface area contributed by atoms with Crippen LogP contribution in [0.5, 0.6) is 23.0 Å². The average Bonchev–Trinajstić information content (AvgIpc) is 3.02. The van der Waals surface area contributed by atoms with Crippen molar-refractivity contribution in [2.45, 2.75) is 46.5 Å². The van der Waals surface area contributed by atoms with E-state index in [9.17, 15) is 19.2 Å². The summed E-state index contributed by atoms with van der Waals surface area (Å²) in [6.45, 7) is 9.43. The maximum absolute atomic E-state index is 13.0. The molecule has 0 N–H and O–H groups in total. The fourth-order valence-electron chi connectivity index (χ4n) is 3.53. The van der Waals surface area contributed by atoms with Crippen molar-refractivity contribution in [3.8, 4) is 23.0 Å². The van der Waals surface area contributed by atoms with E-state index in [1.807, 2.05) is 0 Å². The van der Waals surface area contributed by atoms with E-state index in [-0.39, 0.29) is 33.8 Å². The van der Waals surface area contributed by atoms with Crippen LogP contribution in [0.4, 0.5) is 0 Å². The molecule has 0 spiro atoms. The third-order valence-corrected chi connectivity index (χ3v) is 6.03. The first-order chi connectivity index (χ1) is 21.2. The summed E-state index contributed by atoms with van der Waals surface area (Å²) in [6.07, 6.45) is 3.81. The second-order valence-electron chi connectivity index (χ2n) is 9.65. The molecule has 0 aliphatic carbocycles. The number of hydrogen-bond acceptors (Lipinski definition) is 10. The lowest BCUT2D eigenvalue weighted by atomic mass is 10.1. The van der Waals surface area contributed by atoms with E-state index in [1.165, 1.54) is 37.3 Å². The zero-order valence-corrected chi connectivity index (χ0v) is 25.1. The molecule has 10 heteroatoms. The highest BCUT2D eigenvalue weighted by Crippen LogP contribution is 2.27. The molecule has 0 saturated carbocycles. The number of hydrogen-bond donors (Lipinski definition) is 0. The quantitative estimate of drug-likeness (QED) is 0.0572. The van der Waals surface area contributed by atoms with Crippen LogP contribution in [0.2, 0.25) is 0 Å². The van der Waals surface area contributed by atoms with Crippen molar-refractivity contribution in [1.29, 1.82) is 0 Å². The predicted molar refractivity (Wildman–Crippen MR) is 161 cm³/mol. The monoisotopic (exact) mass is 604 g/mol. The summed E-state index contributed by atoms with van der Waals surface area (Å²) in [5.41, 5.74) is 0.336. The SMILES string of the molecule is C=C(C)C(=O)OCOC(=O)c1cc(OC(=O)c2ccc(OCCCC)cc2)ccc1OC(=O)c1ccc(OCCCC)cc1. The standard InChI is InChI=1S/C34H36O10/c1-5-7-19-39-26-13-9-24(10-14-26)32(36)43-28-17-18-30(29(21-28)34(38)42-22-41-31(35)23(3)4)44-33(37)25-11-15-27(16-12-25)40-20-8-6-2/h9-18,21H,3,5-8,19-20,22H2,1-2,4H3. The van der Waals surface area contributed by atoms with Crippen LogP contribution < -0.4 is 18.9 Å². The number of ether oxygens (including phenoxy) is 6. The summed E-state index contributed by atoms with van der Waals surface area (Å²) >= 11 is 0. The van der Waals surface area contributed by atoms with Crippen LogP contribution in [-0.2, 0) is 14.3 Å². The van der Waals surface area contributed by atoms with Gasteiger partial charge in [0, 0.05) is 5.57 Å². The molecule has 0 aliphatic rings. The van der Waals surface area contributed by atoms with E-state index in [0.717, 1.165) is 25.7 Å². The minimum atomic E-state index is -0.992. The van der Waals surface area contributed by atoms with Crippen molar-refractivity contribution >= 4 is 23.9 Å². The lowest BCUT2D eigenvalue weighted by Gasteiger charge is -2.13. The highest BCUT2D eigenvalue weighted by atomic mass is 16.7. The predicted octanol–water partition coefficient (Wildman–Crippen LogP) is 6.72. The summed E-state index contributed by atoms with van der Waals surface area (Å²) < 4.78 is 32.1. The van der Waals surface area contributed by atoms with E-state index in [1.54, 1.807) is 36.4 Å². The fourth-order valence-corrected chi connectivity index (χ4v) is 3.53. The smallest absolute Gasteiger partial charge is 0.344 e. The Balaban J connectivity index is 1.76. The number of benzene rings is 3. The third-order valence-electron chi connectivity index (χ3n) is 6.03. The minimum absolute atomic E-state index is 0.0162. The van der Waals surface area contributed by atoms with Gasteiger partial charge >= 0.3 is 23.9 Å². The zero-order valence-electron chi connectivity index (χ0n) is 25.1. The normalized spacial score (nSPS) is 10.3. The molecule has 232 valence electrons. The Kier molecular flexibility index (Phi) is 13.0. The molecule has 0 atom stereocenters. The van der Waals surface area contributed by atoms with E-state index in [0.29, 0.717) is 24.7 Å². The highest BCUT2D eigenvalue weighted by Gasteiger charge is 2.21. The first-order valence-corrected chi connectivity index (χ1v) is 14.3. The highest BCUT2D eigenvalue weighted by molar-refractivity contribution is 5.97. The van der Waals surface area contributed by atoms with Gasteiger partial charge in [-0.25, -0.2) is 19.2 Å². The van der Waals surface area contributed by atoms with Crippen LogP contribution in [0, 0.1) is 0 Å².